The highest BCUT2D eigenvalue weighted by atomic mass is 19.4. The summed E-state index contributed by atoms with van der Waals surface area (Å²) in [6, 6.07) is 0.873. The molecule has 0 N–H and O–H groups in total. The van der Waals surface area contributed by atoms with Gasteiger partial charge in [-0.2, -0.15) is 18.2 Å². The zero-order chi connectivity index (χ0) is 16.4. The molecule has 2 aromatic heterocycles. The van der Waals surface area contributed by atoms with Gasteiger partial charge >= 0.3 is 6.18 Å². The van der Waals surface area contributed by atoms with Crippen LogP contribution in [0.1, 0.15) is 43.1 Å². The lowest BCUT2D eigenvalue weighted by Gasteiger charge is -2.31. The summed E-state index contributed by atoms with van der Waals surface area (Å²) in [4.78, 5) is 13.7. The van der Waals surface area contributed by atoms with E-state index in [0.29, 0.717) is 31.2 Å². The molecule has 0 aliphatic carbocycles. The molecule has 1 aliphatic heterocycles. The molecule has 0 spiro atoms. The van der Waals surface area contributed by atoms with Gasteiger partial charge < -0.3 is 9.42 Å². The van der Waals surface area contributed by atoms with Crippen molar-refractivity contribution in [3.8, 4) is 0 Å². The third-order valence-corrected chi connectivity index (χ3v) is 3.79. The molecule has 0 bridgehead atoms. The molecule has 1 unspecified atom stereocenters. The van der Waals surface area contributed by atoms with Crippen LogP contribution in [0.4, 0.5) is 19.1 Å². The highest BCUT2D eigenvalue weighted by molar-refractivity contribution is 5.32. The lowest BCUT2D eigenvalue weighted by atomic mass is 9.97. The van der Waals surface area contributed by atoms with Crippen molar-refractivity contribution in [3.63, 3.8) is 0 Å². The van der Waals surface area contributed by atoms with E-state index in [1.165, 1.54) is 0 Å². The summed E-state index contributed by atoms with van der Waals surface area (Å²) in [6.45, 7) is 3.00. The third-order valence-electron chi connectivity index (χ3n) is 3.79. The topological polar surface area (TPSA) is 67.9 Å². The van der Waals surface area contributed by atoms with E-state index in [2.05, 4.69) is 20.1 Å². The van der Waals surface area contributed by atoms with E-state index in [9.17, 15) is 13.2 Å². The second-order valence-electron chi connectivity index (χ2n) is 5.42. The van der Waals surface area contributed by atoms with E-state index in [4.69, 9.17) is 4.52 Å². The van der Waals surface area contributed by atoms with Crippen LogP contribution in [0, 0.1) is 0 Å². The second kappa shape index (κ2) is 6.13. The van der Waals surface area contributed by atoms with Gasteiger partial charge in [-0.1, -0.05) is 12.1 Å². The second-order valence-corrected chi connectivity index (χ2v) is 5.42. The molecular weight excluding hydrogens is 311 g/mol. The Morgan fingerprint density at radius 1 is 1.35 bits per heavy atom. The number of hydrogen-bond donors (Lipinski definition) is 0. The summed E-state index contributed by atoms with van der Waals surface area (Å²) in [5, 5.41) is 3.96. The Morgan fingerprint density at radius 3 is 2.87 bits per heavy atom. The van der Waals surface area contributed by atoms with Crippen molar-refractivity contribution >= 4 is 5.95 Å². The van der Waals surface area contributed by atoms with Crippen molar-refractivity contribution in [2.24, 2.45) is 0 Å². The lowest BCUT2D eigenvalue weighted by Crippen LogP contribution is -2.36. The van der Waals surface area contributed by atoms with Gasteiger partial charge in [-0.15, -0.1) is 0 Å². The predicted molar refractivity (Wildman–Crippen MR) is 74.9 cm³/mol. The van der Waals surface area contributed by atoms with E-state index in [1.807, 2.05) is 6.92 Å². The fourth-order valence-electron chi connectivity index (χ4n) is 2.61. The van der Waals surface area contributed by atoms with Gasteiger partial charge in [0.25, 0.3) is 0 Å². The minimum absolute atomic E-state index is 0.00550. The summed E-state index contributed by atoms with van der Waals surface area (Å²) in [5.41, 5.74) is -0.933. The van der Waals surface area contributed by atoms with Gasteiger partial charge in [0.05, 0.1) is 0 Å². The van der Waals surface area contributed by atoms with Crippen molar-refractivity contribution in [3.05, 3.63) is 29.7 Å². The molecule has 3 rings (SSSR count). The first kappa shape index (κ1) is 15.7. The highest BCUT2D eigenvalue weighted by Gasteiger charge is 2.34. The number of rotatable bonds is 3. The van der Waals surface area contributed by atoms with Gasteiger partial charge in [0.15, 0.2) is 5.82 Å². The number of nitrogens with zero attached hydrogens (tertiary/aromatic N) is 5. The first-order chi connectivity index (χ1) is 11.0. The van der Waals surface area contributed by atoms with Crippen LogP contribution in [0.3, 0.4) is 0 Å². The van der Waals surface area contributed by atoms with Crippen LogP contribution in [-0.4, -0.2) is 33.2 Å². The third kappa shape index (κ3) is 3.43. The number of hydrogen-bond acceptors (Lipinski definition) is 6. The Hall–Kier alpha value is -2.19. The summed E-state index contributed by atoms with van der Waals surface area (Å²) in [6.07, 6.45) is -1.02. The maximum Gasteiger partial charge on any atom is 0.433 e. The Kier molecular flexibility index (Phi) is 4.18. The maximum absolute atomic E-state index is 12.8. The van der Waals surface area contributed by atoms with Gasteiger partial charge in [0, 0.05) is 31.6 Å². The monoisotopic (exact) mass is 327 g/mol. The Morgan fingerprint density at radius 2 is 2.17 bits per heavy atom. The van der Waals surface area contributed by atoms with Crippen molar-refractivity contribution in [1.82, 2.24) is 20.1 Å². The summed E-state index contributed by atoms with van der Waals surface area (Å²) in [5.74, 6) is 1.25. The number of piperidine rings is 1. The van der Waals surface area contributed by atoms with Gasteiger partial charge in [-0.05, 0) is 18.9 Å². The average Bonchev–Trinajstić information content (AvgIpc) is 3.03. The molecule has 0 saturated carbocycles. The van der Waals surface area contributed by atoms with Crippen molar-refractivity contribution < 1.29 is 17.7 Å². The first-order valence-corrected chi connectivity index (χ1v) is 7.45. The number of anilines is 1. The fourth-order valence-corrected chi connectivity index (χ4v) is 2.61. The number of aromatic nitrogens is 4. The zero-order valence-electron chi connectivity index (χ0n) is 12.5. The number of alkyl halides is 3. The van der Waals surface area contributed by atoms with E-state index >= 15 is 0 Å². The van der Waals surface area contributed by atoms with Gasteiger partial charge in [0.1, 0.15) is 5.69 Å². The summed E-state index contributed by atoms with van der Waals surface area (Å²) >= 11 is 0. The average molecular weight is 327 g/mol. The Balaban J connectivity index is 1.78. The quantitative estimate of drug-likeness (QED) is 0.863. The summed E-state index contributed by atoms with van der Waals surface area (Å²) < 4.78 is 43.4. The number of aryl methyl sites for hydroxylation is 1. The summed E-state index contributed by atoms with van der Waals surface area (Å²) in [7, 11) is 0. The molecule has 0 radical (unpaired) electrons. The van der Waals surface area contributed by atoms with Gasteiger partial charge in [0.2, 0.25) is 11.8 Å². The molecule has 0 amide bonds. The number of halogens is 3. The molecule has 1 fully saturated rings. The smallest absolute Gasteiger partial charge is 0.340 e. The standard InChI is InChI=1S/C14H16F3N5O/c1-2-11-20-12(21-23-11)9-4-3-7-22(8-9)13-18-6-5-10(19-13)14(15,16)17/h5-6,9H,2-4,7-8H2,1H3. The van der Waals surface area contributed by atoms with Crippen LogP contribution in [0.2, 0.25) is 0 Å². The molecule has 3 heterocycles. The van der Waals surface area contributed by atoms with E-state index in [0.717, 1.165) is 25.1 Å². The largest absolute Gasteiger partial charge is 0.433 e. The minimum atomic E-state index is -4.48. The van der Waals surface area contributed by atoms with Crippen LogP contribution < -0.4 is 4.90 Å². The maximum atomic E-state index is 12.8. The molecule has 2 aromatic rings. The molecule has 1 aliphatic rings. The Labute approximate surface area is 130 Å². The molecule has 23 heavy (non-hydrogen) atoms. The van der Waals surface area contributed by atoms with Crippen molar-refractivity contribution in [2.75, 3.05) is 18.0 Å². The molecule has 6 nitrogen and oxygen atoms in total. The molecule has 124 valence electrons. The van der Waals surface area contributed by atoms with Crippen LogP contribution in [-0.2, 0) is 12.6 Å². The lowest BCUT2D eigenvalue weighted by molar-refractivity contribution is -0.141. The SMILES string of the molecule is CCc1nc(C2CCCN(c3nccc(C(F)(F)F)n3)C2)no1. The first-order valence-electron chi connectivity index (χ1n) is 7.45. The molecule has 1 saturated heterocycles. The minimum Gasteiger partial charge on any atom is -0.340 e. The van der Waals surface area contributed by atoms with E-state index in [-0.39, 0.29) is 11.9 Å². The molecule has 0 aromatic carbocycles. The van der Waals surface area contributed by atoms with E-state index in [1.54, 1.807) is 4.90 Å². The molecule has 1 atom stereocenters. The van der Waals surface area contributed by atoms with Gasteiger partial charge in [-0.25, -0.2) is 9.97 Å². The van der Waals surface area contributed by atoms with Crippen LogP contribution in [0.25, 0.3) is 0 Å². The van der Waals surface area contributed by atoms with Gasteiger partial charge in [-0.3, -0.25) is 0 Å². The fraction of sp³-hybridized carbons (Fsp3) is 0.571. The van der Waals surface area contributed by atoms with E-state index < -0.39 is 11.9 Å². The highest BCUT2D eigenvalue weighted by Crippen LogP contribution is 2.30. The van der Waals surface area contributed by atoms with Crippen LogP contribution >= 0.6 is 0 Å². The predicted octanol–water partition coefficient (Wildman–Crippen LogP) is 2.82. The van der Waals surface area contributed by atoms with Crippen molar-refractivity contribution in [2.45, 2.75) is 38.3 Å². The van der Waals surface area contributed by atoms with Crippen molar-refractivity contribution in [1.29, 1.82) is 0 Å². The van der Waals surface area contributed by atoms with Crippen LogP contribution in [0.15, 0.2) is 16.8 Å². The molecular formula is C14H16F3N5O. The Bertz CT molecular complexity index is 672. The zero-order valence-corrected chi connectivity index (χ0v) is 12.5. The normalized spacial score (nSPS) is 19.1. The molecule has 9 heteroatoms. The van der Waals surface area contributed by atoms with Crippen LogP contribution in [0.5, 0.6) is 0 Å².